The zero-order valence-corrected chi connectivity index (χ0v) is 14.9. The normalized spacial score (nSPS) is 15.2. The zero-order chi connectivity index (χ0) is 18.6. The van der Waals surface area contributed by atoms with Gasteiger partial charge in [-0.1, -0.05) is 18.2 Å². The maximum absolute atomic E-state index is 13.6. The maximum Gasteiger partial charge on any atom is 0.223 e. The van der Waals surface area contributed by atoms with E-state index in [1.165, 1.54) is 6.07 Å². The first-order valence-corrected chi connectivity index (χ1v) is 9.14. The number of carbonyl (C=O) groups is 1. The van der Waals surface area contributed by atoms with Crippen LogP contribution in [-0.4, -0.2) is 45.4 Å². The second kappa shape index (κ2) is 7.69. The summed E-state index contributed by atoms with van der Waals surface area (Å²) in [6.45, 7) is 1.99. The Morgan fingerprint density at radius 2 is 2.00 bits per heavy atom. The van der Waals surface area contributed by atoms with Gasteiger partial charge in [0, 0.05) is 25.6 Å². The van der Waals surface area contributed by atoms with Gasteiger partial charge in [-0.05, 0) is 43.0 Å². The number of carbonyl (C=O) groups excluding carboxylic acids is 1. The Bertz CT molecular complexity index is 935. The molecule has 27 heavy (non-hydrogen) atoms. The second-order valence-corrected chi connectivity index (χ2v) is 6.72. The minimum Gasteiger partial charge on any atom is -0.356 e. The number of aromatic nitrogens is 4. The molecule has 1 amide bonds. The van der Waals surface area contributed by atoms with E-state index in [1.54, 1.807) is 29.0 Å². The summed E-state index contributed by atoms with van der Waals surface area (Å²) < 4.78 is 15.3. The monoisotopic (exact) mass is 368 g/mol. The standard InChI is InChI=1S/C19H21FN6O/c20-16-4-2-1-3-14(16)7-10-21-19(27)15-8-11-25(12-9-15)18-6-5-17-23-22-13-26(17)24-18/h1-6,13,15H,7-12H2,(H,21,27). The molecule has 0 bridgehead atoms. The molecule has 0 radical (unpaired) electrons. The Labute approximate surface area is 156 Å². The molecule has 8 heteroatoms. The summed E-state index contributed by atoms with van der Waals surface area (Å²) in [6.07, 6.45) is 3.62. The van der Waals surface area contributed by atoms with Crippen LogP contribution in [0.25, 0.3) is 5.65 Å². The van der Waals surface area contributed by atoms with Crippen LogP contribution in [0.2, 0.25) is 0 Å². The summed E-state index contributed by atoms with van der Waals surface area (Å²) in [7, 11) is 0. The number of amides is 1. The van der Waals surface area contributed by atoms with Crippen LogP contribution in [0.3, 0.4) is 0 Å². The fraction of sp³-hybridized carbons (Fsp3) is 0.368. The van der Waals surface area contributed by atoms with E-state index in [9.17, 15) is 9.18 Å². The summed E-state index contributed by atoms with van der Waals surface area (Å²) in [6, 6.07) is 10.5. The number of nitrogens with one attached hydrogen (secondary N) is 1. The van der Waals surface area contributed by atoms with Gasteiger partial charge < -0.3 is 10.2 Å². The zero-order valence-electron chi connectivity index (χ0n) is 14.9. The molecule has 0 saturated carbocycles. The summed E-state index contributed by atoms with van der Waals surface area (Å²) in [4.78, 5) is 14.6. The van der Waals surface area contributed by atoms with Crippen molar-refractivity contribution in [1.29, 1.82) is 0 Å². The number of nitrogens with zero attached hydrogens (tertiary/aromatic N) is 5. The van der Waals surface area contributed by atoms with E-state index >= 15 is 0 Å². The molecule has 1 aliphatic heterocycles. The lowest BCUT2D eigenvalue weighted by Gasteiger charge is -2.32. The SMILES string of the molecule is O=C(NCCc1ccccc1F)C1CCN(c2ccc3nncn3n2)CC1. The lowest BCUT2D eigenvalue weighted by molar-refractivity contribution is -0.125. The summed E-state index contributed by atoms with van der Waals surface area (Å²) in [5, 5.41) is 15.2. The Kier molecular flexibility index (Phi) is 4.95. The van der Waals surface area contributed by atoms with E-state index in [-0.39, 0.29) is 17.6 Å². The molecule has 0 unspecified atom stereocenters. The molecule has 1 aromatic carbocycles. The van der Waals surface area contributed by atoms with Crippen LogP contribution in [0.5, 0.6) is 0 Å². The molecule has 1 fully saturated rings. The number of rotatable bonds is 5. The number of halogens is 1. The molecule has 2 aromatic heterocycles. The summed E-state index contributed by atoms with van der Waals surface area (Å²) in [5.74, 6) is 0.673. The molecule has 0 aliphatic carbocycles. The third-order valence-electron chi connectivity index (χ3n) is 4.99. The molecule has 1 saturated heterocycles. The molecular formula is C19H21FN6O. The van der Waals surface area contributed by atoms with Crippen molar-refractivity contribution < 1.29 is 9.18 Å². The van der Waals surface area contributed by atoms with Crippen LogP contribution in [-0.2, 0) is 11.2 Å². The lowest BCUT2D eigenvalue weighted by atomic mass is 9.96. The van der Waals surface area contributed by atoms with Crippen molar-refractivity contribution in [2.45, 2.75) is 19.3 Å². The van der Waals surface area contributed by atoms with E-state index in [4.69, 9.17) is 0 Å². The van der Waals surface area contributed by atoms with E-state index < -0.39 is 0 Å². The van der Waals surface area contributed by atoms with Crippen LogP contribution in [0.4, 0.5) is 10.2 Å². The third-order valence-corrected chi connectivity index (χ3v) is 4.99. The largest absolute Gasteiger partial charge is 0.356 e. The Morgan fingerprint density at radius 3 is 2.81 bits per heavy atom. The van der Waals surface area contributed by atoms with Crippen LogP contribution < -0.4 is 10.2 Å². The van der Waals surface area contributed by atoms with Gasteiger partial charge in [-0.25, -0.2) is 4.39 Å². The van der Waals surface area contributed by atoms with E-state index in [0.29, 0.717) is 24.2 Å². The number of hydrogen-bond acceptors (Lipinski definition) is 5. The minimum absolute atomic E-state index is 0.0134. The number of fused-ring (bicyclic) bond motifs is 1. The highest BCUT2D eigenvalue weighted by Gasteiger charge is 2.25. The lowest BCUT2D eigenvalue weighted by Crippen LogP contribution is -2.41. The van der Waals surface area contributed by atoms with Crippen molar-refractivity contribution in [1.82, 2.24) is 25.1 Å². The van der Waals surface area contributed by atoms with Crippen LogP contribution in [0, 0.1) is 11.7 Å². The molecule has 0 atom stereocenters. The van der Waals surface area contributed by atoms with Gasteiger partial charge in [0.2, 0.25) is 5.91 Å². The first-order valence-electron chi connectivity index (χ1n) is 9.14. The first-order chi connectivity index (χ1) is 13.2. The van der Waals surface area contributed by atoms with Crippen molar-refractivity contribution in [3.63, 3.8) is 0 Å². The molecule has 4 rings (SSSR count). The van der Waals surface area contributed by atoms with Gasteiger partial charge in [-0.2, -0.15) is 4.52 Å². The predicted molar refractivity (Wildman–Crippen MR) is 98.8 cm³/mol. The average molecular weight is 368 g/mol. The smallest absolute Gasteiger partial charge is 0.223 e. The third kappa shape index (κ3) is 3.89. The van der Waals surface area contributed by atoms with Gasteiger partial charge >= 0.3 is 0 Å². The van der Waals surface area contributed by atoms with Crippen LogP contribution in [0.1, 0.15) is 18.4 Å². The number of hydrogen-bond donors (Lipinski definition) is 1. The Balaban J connectivity index is 1.27. The second-order valence-electron chi connectivity index (χ2n) is 6.72. The quantitative estimate of drug-likeness (QED) is 0.744. The van der Waals surface area contributed by atoms with Gasteiger partial charge in [0.15, 0.2) is 5.65 Å². The number of benzene rings is 1. The highest BCUT2D eigenvalue weighted by atomic mass is 19.1. The fourth-order valence-corrected chi connectivity index (χ4v) is 3.42. The molecule has 1 N–H and O–H groups in total. The average Bonchev–Trinajstić information content (AvgIpc) is 3.17. The van der Waals surface area contributed by atoms with E-state index in [2.05, 4.69) is 25.5 Å². The van der Waals surface area contributed by atoms with Crippen LogP contribution in [0.15, 0.2) is 42.7 Å². The van der Waals surface area contributed by atoms with E-state index in [0.717, 1.165) is 31.7 Å². The minimum atomic E-state index is -0.224. The molecule has 0 spiro atoms. The van der Waals surface area contributed by atoms with Gasteiger partial charge in [-0.3, -0.25) is 4.79 Å². The van der Waals surface area contributed by atoms with Crippen molar-refractivity contribution in [3.8, 4) is 0 Å². The van der Waals surface area contributed by atoms with Crippen LogP contribution >= 0.6 is 0 Å². The number of piperidine rings is 1. The van der Waals surface area contributed by atoms with E-state index in [1.807, 2.05) is 12.1 Å². The van der Waals surface area contributed by atoms with Gasteiger partial charge in [0.1, 0.15) is 18.0 Å². The Morgan fingerprint density at radius 1 is 1.19 bits per heavy atom. The van der Waals surface area contributed by atoms with Crippen molar-refractivity contribution in [2.75, 3.05) is 24.5 Å². The summed E-state index contributed by atoms with van der Waals surface area (Å²) in [5.41, 5.74) is 1.34. The van der Waals surface area contributed by atoms with Crippen molar-refractivity contribution >= 4 is 17.4 Å². The molecular weight excluding hydrogens is 347 g/mol. The van der Waals surface area contributed by atoms with Gasteiger partial charge in [0.25, 0.3) is 0 Å². The Hall–Kier alpha value is -3.03. The molecule has 3 aromatic rings. The van der Waals surface area contributed by atoms with Crippen molar-refractivity contribution in [2.24, 2.45) is 5.92 Å². The first kappa shape index (κ1) is 17.4. The van der Waals surface area contributed by atoms with Gasteiger partial charge in [0.05, 0.1) is 0 Å². The highest BCUT2D eigenvalue weighted by molar-refractivity contribution is 5.79. The molecule has 140 valence electrons. The topological polar surface area (TPSA) is 75.4 Å². The predicted octanol–water partition coefficient (Wildman–Crippen LogP) is 1.84. The summed E-state index contributed by atoms with van der Waals surface area (Å²) >= 11 is 0. The molecule has 7 nitrogen and oxygen atoms in total. The highest BCUT2D eigenvalue weighted by Crippen LogP contribution is 2.22. The maximum atomic E-state index is 13.6. The fourth-order valence-electron chi connectivity index (χ4n) is 3.42. The molecule has 3 heterocycles. The number of anilines is 1. The molecule has 1 aliphatic rings. The van der Waals surface area contributed by atoms with Crippen molar-refractivity contribution in [3.05, 3.63) is 54.1 Å². The van der Waals surface area contributed by atoms with Gasteiger partial charge in [-0.15, -0.1) is 15.3 Å².